The lowest BCUT2D eigenvalue weighted by Gasteiger charge is -1.98. The molecule has 0 heterocycles. The van der Waals surface area contributed by atoms with Crippen molar-refractivity contribution in [2.24, 2.45) is 0 Å². The van der Waals surface area contributed by atoms with Crippen LogP contribution in [0, 0.1) is 0 Å². The molecule has 2 rings (SSSR count). The molecule has 0 saturated heterocycles. The van der Waals surface area contributed by atoms with Crippen LogP contribution in [0.1, 0.15) is 11.1 Å². The predicted octanol–water partition coefficient (Wildman–Crippen LogP) is 3.63. The minimum absolute atomic E-state index is 0.201. The van der Waals surface area contributed by atoms with Gasteiger partial charge < -0.3 is 9.31 Å². The van der Waals surface area contributed by atoms with E-state index in [-0.39, 0.29) is 7.69 Å². The van der Waals surface area contributed by atoms with Crippen molar-refractivity contribution in [3.05, 3.63) is 84.3 Å². The molecule has 2 aromatic carbocycles. The maximum atomic E-state index is 5.22. The fourth-order valence-corrected chi connectivity index (χ4v) is 1.50. The Morgan fingerprint density at radius 3 is 1.47 bits per heavy atom. The van der Waals surface area contributed by atoms with E-state index in [4.69, 9.17) is 9.31 Å². The molecule has 0 aliphatic heterocycles. The van der Waals surface area contributed by atoms with Crippen molar-refractivity contribution in [2.45, 2.75) is 0 Å². The second-order valence-corrected chi connectivity index (χ2v) is 3.88. The van der Waals surface area contributed by atoms with E-state index in [0.717, 1.165) is 11.1 Å². The molecular formula is C16H15BO2. The Morgan fingerprint density at radius 1 is 0.632 bits per heavy atom. The van der Waals surface area contributed by atoms with E-state index in [2.05, 4.69) is 0 Å². The molecule has 0 radical (unpaired) electrons. The van der Waals surface area contributed by atoms with E-state index in [1.165, 1.54) is 0 Å². The first-order valence-corrected chi connectivity index (χ1v) is 6.11. The van der Waals surface area contributed by atoms with Crippen molar-refractivity contribution in [2.75, 3.05) is 0 Å². The zero-order valence-electron chi connectivity index (χ0n) is 10.6. The normalized spacial score (nSPS) is 10.7. The first-order chi connectivity index (χ1) is 9.45. The molecule has 0 aliphatic carbocycles. The third kappa shape index (κ3) is 5.17. The summed E-state index contributed by atoms with van der Waals surface area (Å²) >= 11 is 0. The van der Waals surface area contributed by atoms with E-state index in [0.29, 0.717) is 0 Å². The van der Waals surface area contributed by atoms with Gasteiger partial charge in [-0.25, -0.2) is 0 Å². The number of rotatable bonds is 6. The van der Waals surface area contributed by atoms with Gasteiger partial charge in [0.2, 0.25) is 0 Å². The van der Waals surface area contributed by atoms with E-state index < -0.39 is 0 Å². The van der Waals surface area contributed by atoms with Crippen molar-refractivity contribution in [1.82, 2.24) is 0 Å². The van der Waals surface area contributed by atoms with Crippen molar-refractivity contribution in [3.63, 3.8) is 0 Å². The summed E-state index contributed by atoms with van der Waals surface area (Å²) in [6, 6.07) is 19.9. The van der Waals surface area contributed by atoms with Gasteiger partial charge in [0.1, 0.15) is 0 Å². The Balaban J connectivity index is 1.65. The second kappa shape index (κ2) is 7.82. The highest BCUT2D eigenvalue weighted by molar-refractivity contribution is 6.18. The standard InChI is InChI=1S/C16H15BO2/c1-3-7-15(8-4-1)11-13-18-17-19-14-12-16-9-5-2-6-10-16/h1-14,17H. The van der Waals surface area contributed by atoms with Crippen LogP contribution in [0.2, 0.25) is 0 Å². The molecule has 2 aromatic rings. The molecular weight excluding hydrogens is 235 g/mol. The number of benzene rings is 2. The van der Waals surface area contributed by atoms with Gasteiger partial charge in [-0.1, -0.05) is 60.7 Å². The van der Waals surface area contributed by atoms with E-state index in [1.54, 1.807) is 12.5 Å². The summed E-state index contributed by atoms with van der Waals surface area (Å²) in [6.07, 6.45) is 7.05. The second-order valence-electron chi connectivity index (χ2n) is 3.88. The molecule has 0 aliphatic rings. The van der Waals surface area contributed by atoms with Gasteiger partial charge in [-0.05, 0) is 23.3 Å². The molecule has 0 amide bonds. The highest BCUT2D eigenvalue weighted by atomic mass is 16.6. The summed E-state index contributed by atoms with van der Waals surface area (Å²) in [5, 5.41) is 0. The Hall–Kier alpha value is -2.42. The third-order valence-electron chi connectivity index (χ3n) is 2.45. The highest BCUT2D eigenvalue weighted by Gasteiger charge is 1.88. The molecule has 94 valence electrons. The van der Waals surface area contributed by atoms with Crippen LogP contribution in [-0.4, -0.2) is 7.69 Å². The van der Waals surface area contributed by atoms with Crippen molar-refractivity contribution < 1.29 is 9.31 Å². The van der Waals surface area contributed by atoms with E-state index >= 15 is 0 Å². The van der Waals surface area contributed by atoms with E-state index in [1.807, 2.05) is 72.8 Å². The summed E-state index contributed by atoms with van der Waals surface area (Å²) in [4.78, 5) is 0. The SMILES string of the molecule is B(OC=Cc1ccccc1)OC=Cc1ccccc1. The van der Waals surface area contributed by atoms with Crippen molar-refractivity contribution in [3.8, 4) is 0 Å². The third-order valence-corrected chi connectivity index (χ3v) is 2.45. The number of hydrogen-bond donors (Lipinski definition) is 0. The van der Waals surface area contributed by atoms with Gasteiger partial charge >= 0.3 is 7.69 Å². The monoisotopic (exact) mass is 250 g/mol. The highest BCUT2D eigenvalue weighted by Crippen LogP contribution is 2.02. The van der Waals surface area contributed by atoms with Gasteiger partial charge in [0.25, 0.3) is 0 Å². The minimum Gasteiger partial charge on any atom is -0.535 e. The fraction of sp³-hybridized carbons (Fsp3) is 0. The van der Waals surface area contributed by atoms with Crippen LogP contribution >= 0.6 is 0 Å². The summed E-state index contributed by atoms with van der Waals surface area (Å²) in [7, 11) is 0.201. The van der Waals surface area contributed by atoms with Crippen LogP contribution in [0.3, 0.4) is 0 Å². The van der Waals surface area contributed by atoms with Crippen LogP contribution in [0.4, 0.5) is 0 Å². The summed E-state index contributed by atoms with van der Waals surface area (Å²) in [6.45, 7) is 0. The molecule has 0 saturated carbocycles. The molecule has 19 heavy (non-hydrogen) atoms. The molecule has 0 fully saturated rings. The molecule has 0 N–H and O–H groups in total. The topological polar surface area (TPSA) is 18.5 Å². The van der Waals surface area contributed by atoms with Gasteiger partial charge in [0, 0.05) is 0 Å². The lowest BCUT2D eigenvalue weighted by atomic mass is 10.2. The van der Waals surface area contributed by atoms with Crippen molar-refractivity contribution in [1.29, 1.82) is 0 Å². The first kappa shape index (κ1) is 13.0. The van der Waals surface area contributed by atoms with Crippen LogP contribution in [-0.2, 0) is 9.31 Å². The smallest absolute Gasteiger partial charge is 0.535 e. The lowest BCUT2D eigenvalue weighted by molar-refractivity contribution is 0.380. The maximum Gasteiger partial charge on any atom is 0.575 e. The summed E-state index contributed by atoms with van der Waals surface area (Å²) < 4.78 is 10.4. The fourth-order valence-electron chi connectivity index (χ4n) is 1.50. The lowest BCUT2D eigenvalue weighted by Crippen LogP contribution is -1.93. The Morgan fingerprint density at radius 2 is 1.05 bits per heavy atom. The molecule has 0 spiro atoms. The average Bonchev–Trinajstić information content (AvgIpc) is 2.48. The van der Waals surface area contributed by atoms with Gasteiger partial charge in [-0.3, -0.25) is 0 Å². The quantitative estimate of drug-likeness (QED) is 0.442. The Kier molecular flexibility index (Phi) is 5.36. The van der Waals surface area contributed by atoms with Crippen LogP contribution in [0.5, 0.6) is 0 Å². The van der Waals surface area contributed by atoms with Gasteiger partial charge in [0.05, 0.1) is 12.5 Å². The predicted molar refractivity (Wildman–Crippen MR) is 80.3 cm³/mol. The molecule has 0 aromatic heterocycles. The zero-order chi connectivity index (χ0) is 13.2. The van der Waals surface area contributed by atoms with Crippen LogP contribution in [0.15, 0.2) is 73.2 Å². The van der Waals surface area contributed by atoms with Gasteiger partial charge in [-0.2, -0.15) is 0 Å². The molecule has 0 bridgehead atoms. The Bertz CT molecular complexity index is 471. The summed E-state index contributed by atoms with van der Waals surface area (Å²) in [5.74, 6) is 0. The average molecular weight is 250 g/mol. The van der Waals surface area contributed by atoms with Gasteiger partial charge in [0.15, 0.2) is 0 Å². The van der Waals surface area contributed by atoms with Crippen LogP contribution in [0.25, 0.3) is 12.2 Å². The zero-order valence-corrected chi connectivity index (χ0v) is 10.6. The maximum absolute atomic E-state index is 5.22. The Labute approximate surface area is 114 Å². The largest absolute Gasteiger partial charge is 0.575 e. The summed E-state index contributed by atoms with van der Waals surface area (Å²) in [5.41, 5.74) is 2.20. The van der Waals surface area contributed by atoms with Crippen LogP contribution < -0.4 is 0 Å². The first-order valence-electron chi connectivity index (χ1n) is 6.11. The van der Waals surface area contributed by atoms with Crippen molar-refractivity contribution >= 4 is 19.8 Å². The molecule has 0 unspecified atom stereocenters. The molecule has 3 heteroatoms. The molecule has 0 atom stereocenters. The van der Waals surface area contributed by atoms with E-state index in [9.17, 15) is 0 Å². The number of hydrogen-bond acceptors (Lipinski definition) is 2. The minimum atomic E-state index is 0.201. The van der Waals surface area contributed by atoms with Gasteiger partial charge in [-0.15, -0.1) is 0 Å². The molecule has 2 nitrogen and oxygen atoms in total.